The number of aromatic nitrogens is 2. The van der Waals surface area contributed by atoms with Gasteiger partial charge in [-0.05, 0) is 47.8 Å². The van der Waals surface area contributed by atoms with Crippen LogP contribution in [0.5, 0.6) is 0 Å². The van der Waals surface area contributed by atoms with Gasteiger partial charge >= 0.3 is 0 Å². The van der Waals surface area contributed by atoms with Crippen molar-refractivity contribution >= 4 is 15.7 Å². The first-order chi connectivity index (χ1) is 11.6. The van der Waals surface area contributed by atoms with E-state index < -0.39 is 10.0 Å². The number of hydrogen-bond acceptors (Lipinski definition) is 2. The largest absolute Gasteiger partial charge is 0.375 e. The number of nitrogens with zero attached hydrogens (tertiary/aromatic N) is 2. The van der Waals surface area contributed by atoms with Crippen molar-refractivity contribution in [1.29, 1.82) is 0 Å². The molecule has 140 valence electrons. The summed E-state index contributed by atoms with van der Waals surface area (Å²) in [5.74, 6) is 2.11. The zero-order valence-corrected chi connectivity index (χ0v) is 17.9. The molecule has 1 atom stereocenters. The molecule has 0 fully saturated rings. The van der Waals surface area contributed by atoms with Crippen molar-refractivity contribution in [2.75, 3.05) is 29.8 Å². The van der Waals surface area contributed by atoms with Crippen LogP contribution in [0.25, 0.3) is 0 Å². The molecule has 0 radical (unpaired) electrons. The second-order valence-electron chi connectivity index (χ2n) is 8.49. The van der Waals surface area contributed by atoms with Crippen molar-refractivity contribution < 1.29 is 0 Å². The van der Waals surface area contributed by atoms with Gasteiger partial charge in [0.1, 0.15) is 0 Å². The van der Waals surface area contributed by atoms with Gasteiger partial charge in [-0.1, -0.05) is 45.9 Å². The highest BCUT2D eigenvalue weighted by atomic mass is 32.3. The third-order valence-corrected chi connectivity index (χ3v) is 5.78. The molecule has 1 unspecified atom stereocenters. The molecule has 0 saturated carbocycles. The van der Waals surface area contributed by atoms with Crippen LogP contribution in [0, 0.1) is 0 Å². The first-order valence-corrected chi connectivity index (χ1v) is 12.2. The van der Waals surface area contributed by atoms with Crippen molar-refractivity contribution in [2.45, 2.75) is 45.6 Å². The summed E-state index contributed by atoms with van der Waals surface area (Å²) in [6.07, 6.45) is 9.17. The van der Waals surface area contributed by atoms with Crippen LogP contribution < -0.4 is 5.32 Å². The van der Waals surface area contributed by atoms with Gasteiger partial charge in [0.25, 0.3) is 0 Å². The smallest absolute Gasteiger partial charge is 0.0854 e. The van der Waals surface area contributed by atoms with Crippen LogP contribution in [0.3, 0.4) is 0 Å². The highest BCUT2D eigenvalue weighted by Crippen LogP contribution is 2.42. The molecule has 2 rings (SSSR count). The number of nitrogens with one attached hydrogen (secondary N) is 1. The Morgan fingerprint density at radius 1 is 1.00 bits per heavy atom. The second kappa shape index (κ2) is 7.86. The minimum absolute atomic E-state index is 0.244. The maximum absolute atomic E-state index is 4.71. The van der Waals surface area contributed by atoms with Crippen LogP contribution in [0.2, 0.25) is 0 Å². The Balaban J connectivity index is 2.47. The molecule has 0 aliphatic heterocycles. The maximum Gasteiger partial charge on any atom is 0.0854 e. The predicted octanol–water partition coefficient (Wildman–Crippen LogP) is 5.51. The van der Waals surface area contributed by atoms with E-state index in [0.717, 1.165) is 11.4 Å². The zero-order chi connectivity index (χ0) is 18.8. The topological polar surface area (TPSA) is 29.9 Å². The summed E-state index contributed by atoms with van der Waals surface area (Å²) in [5.41, 5.74) is 5.25. The number of benzene rings is 1. The van der Waals surface area contributed by atoms with Crippen molar-refractivity contribution in [1.82, 2.24) is 9.78 Å². The highest BCUT2D eigenvalue weighted by molar-refractivity contribution is 8.32. The van der Waals surface area contributed by atoms with E-state index in [0.29, 0.717) is 11.8 Å². The normalized spacial score (nSPS) is 14.2. The Kier molecular flexibility index (Phi) is 6.26. The Hall–Kier alpha value is -1.42. The zero-order valence-electron chi connectivity index (χ0n) is 17.1. The Labute approximate surface area is 155 Å². The van der Waals surface area contributed by atoms with Crippen LogP contribution in [-0.2, 0) is 7.05 Å². The van der Waals surface area contributed by atoms with E-state index in [1.807, 2.05) is 17.9 Å². The van der Waals surface area contributed by atoms with Gasteiger partial charge in [0.2, 0.25) is 0 Å². The van der Waals surface area contributed by atoms with Crippen LogP contribution in [0.15, 0.2) is 30.5 Å². The molecule has 0 amide bonds. The number of para-hydroxylation sites is 1. The number of anilines is 1. The van der Waals surface area contributed by atoms with Crippen molar-refractivity contribution in [3.63, 3.8) is 0 Å². The number of hydrogen-bond donors (Lipinski definition) is 1. The molecule has 2 aromatic rings. The van der Waals surface area contributed by atoms with E-state index in [2.05, 4.69) is 76.0 Å². The third-order valence-electron chi connectivity index (χ3n) is 4.45. The molecule has 4 heteroatoms. The third kappa shape index (κ3) is 5.27. The van der Waals surface area contributed by atoms with E-state index in [1.54, 1.807) is 0 Å². The van der Waals surface area contributed by atoms with E-state index in [-0.39, 0.29) is 6.04 Å². The molecule has 0 aliphatic carbocycles. The van der Waals surface area contributed by atoms with Gasteiger partial charge in [0, 0.05) is 24.7 Å². The Morgan fingerprint density at radius 2 is 1.56 bits per heavy atom. The fourth-order valence-corrected chi connectivity index (χ4v) is 4.47. The SMILES string of the molecule is CC(C)c1cccc(C(C)C)c1NC(CS(C)(C)C)c1ccn(C)n1. The van der Waals surface area contributed by atoms with Crippen molar-refractivity contribution in [2.24, 2.45) is 7.05 Å². The molecule has 25 heavy (non-hydrogen) atoms. The first kappa shape index (κ1) is 19.9. The minimum atomic E-state index is -0.660. The van der Waals surface area contributed by atoms with Crippen molar-refractivity contribution in [3.8, 4) is 0 Å². The molecule has 0 saturated heterocycles. The van der Waals surface area contributed by atoms with E-state index in [9.17, 15) is 0 Å². The lowest BCUT2D eigenvalue weighted by Gasteiger charge is -2.33. The standard InChI is InChI=1S/C21H35N3S/c1-15(2)17-10-9-11-18(16(3)4)21(17)22-20(14-25(6,7)8)19-12-13-24(5)23-19/h9-13,15-16,20,22H,14H2,1-8H3. The quantitative estimate of drug-likeness (QED) is 0.704. The van der Waals surface area contributed by atoms with Gasteiger partial charge in [-0.15, -0.1) is 0 Å². The van der Waals surface area contributed by atoms with Crippen LogP contribution >= 0.6 is 10.0 Å². The maximum atomic E-state index is 4.71. The van der Waals surface area contributed by atoms with Crippen LogP contribution in [-0.4, -0.2) is 34.3 Å². The molecule has 1 aromatic carbocycles. The van der Waals surface area contributed by atoms with Gasteiger partial charge in [0.05, 0.1) is 11.7 Å². The Bertz CT molecular complexity index is 669. The minimum Gasteiger partial charge on any atom is -0.375 e. The number of rotatable bonds is 7. The molecule has 3 nitrogen and oxygen atoms in total. The highest BCUT2D eigenvalue weighted by Gasteiger charge is 2.23. The summed E-state index contributed by atoms with van der Waals surface area (Å²) < 4.78 is 1.90. The van der Waals surface area contributed by atoms with Gasteiger partial charge in [-0.25, -0.2) is 10.0 Å². The fourth-order valence-electron chi connectivity index (χ4n) is 3.21. The number of aryl methyl sites for hydroxylation is 1. The first-order valence-electron chi connectivity index (χ1n) is 9.13. The summed E-state index contributed by atoms with van der Waals surface area (Å²) in [7, 11) is 1.33. The van der Waals surface area contributed by atoms with Gasteiger partial charge in [0.15, 0.2) is 0 Å². The summed E-state index contributed by atoms with van der Waals surface area (Å²) in [5, 5.41) is 8.62. The van der Waals surface area contributed by atoms with Crippen LogP contribution in [0.1, 0.15) is 62.4 Å². The van der Waals surface area contributed by atoms with Gasteiger partial charge in [-0.2, -0.15) is 5.10 Å². The van der Waals surface area contributed by atoms with E-state index >= 15 is 0 Å². The van der Waals surface area contributed by atoms with Crippen molar-refractivity contribution in [3.05, 3.63) is 47.3 Å². The second-order valence-corrected chi connectivity index (χ2v) is 13.0. The van der Waals surface area contributed by atoms with Gasteiger partial charge in [-0.3, -0.25) is 4.68 Å². The van der Waals surface area contributed by atoms with E-state index in [4.69, 9.17) is 5.10 Å². The molecule has 0 spiro atoms. The average molecular weight is 362 g/mol. The molecule has 1 heterocycles. The lowest BCUT2D eigenvalue weighted by molar-refractivity contribution is 0.717. The molecule has 0 aliphatic rings. The fraction of sp³-hybridized carbons (Fsp3) is 0.571. The predicted molar refractivity (Wildman–Crippen MR) is 114 cm³/mol. The lowest BCUT2D eigenvalue weighted by Crippen LogP contribution is -2.21. The molecule has 1 aromatic heterocycles. The summed E-state index contributed by atoms with van der Waals surface area (Å²) in [6.45, 7) is 9.09. The molecule has 0 bridgehead atoms. The summed E-state index contributed by atoms with van der Waals surface area (Å²) in [6, 6.07) is 9.11. The average Bonchev–Trinajstić information content (AvgIpc) is 2.91. The van der Waals surface area contributed by atoms with Gasteiger partial charge < -0.3 is 5.32 Å². The molecular formula is C21H35N3S. The van der Waals surface area contributed by atoms with Crippen LogP contribution in [0.4, 0.5) is 5.69 Å². The van der Waals surface area contributed by atoms with E-state index in [1.165, 1.54) is 16.8 Å². The molecular weight excluding hydrogens is 326 g/mol. The Morgan fingerprint density at radius 3 is 1.96 bits per heavy atom. The summed E-state index contributed by atoms with van der Waals surface area (Å²) in [4.78, 5) is 0. The molecule has 1 N–H and O–H groups in total. The monoisotopic (exact) mass is 361 g/mol. The summed E-state index contributed by atoms with van der Waals surface area (Å²) >= 11 is 0. The lowest BCUT2D eigenvalue weighted by atomic mass is 9.92.